The van der Waals surface area contributed by atoms with Crippen LogP contribution in [-0.4, -0.2) is 39.6 Å². The number of nitrogen functional groups attached to an aromatic ring is 1. The van der Waals surface area contributed by atoms with Crippen LogP contribution in [0.2, 0.25) is 0 Å². The average Bonchev–Trinajstić information content (AvgIpc) is 2.94. The summed E-state index contributed by atoms with van der Waals surface area (Å²) in [6.45, 7) is 2.04. The third kappa shape index (κ3) is 3.38. The minimum Gasteiger partial charge on any atom is -0.399 e. The van der Waals surface area contributed by atoms with E-state index in [2.05, 4.69) is 5.10 Å². The largest absolute Gasteiger partial charge is 0.399 e. The zero-order valence-corrected chi connectivity index (χ0v) is 11.7. The molecule has 0 aliphatic rings. The van der Waals surface area contributed by atoms with Crippen molar-refractivity contribution in [1.82, 2.24) is 14.7 Å². The molecule has 0 fully saturated rings. The molecule has 0 spiro atoms. The van der Waals surface area contributed by atoms with E-state index in [0.717, 1.165) is 5.69 Å². The van der Waals surface area contributed by atoms with E-state index >= 15 is 0 Å². The number of hydrogen-bond acceptors (Lipinski definition) is 4. The Balaban J connectivity index is 2.20. The van der Waals surface area contributed by atoms with Crippen LogP contribution < -0.4 is 11.5 Å². The van der Waals surface area contributed by atoms with Crippen LogP contribution in [0.5, 0.6) is 0 Å². The number of primary amides is 1. The molecule has 2 amide bonds. The number of benzene rings is 1. The molecule has 0 atom stereocenters. The van der Waals surface area contributed by atoms with Crippen LogP contribution in [-0.2, 0) is 4.79 Å². The highest BCUT2D eigenvalue weighted by Crippen LogP contribution is 2.11. The number of carbonyl (C=O) groups is 2. The highest BCUT2D eigenvalue weighted by molar-refractivity contribution is 5.94. The second kappa shape index (κ2) is 6.08. The van der Waals surface area contributed by atoms with Crippen molar-refractivity contribution in [2.45, 2.75) is 6.92 Å². The van der Waals surface area contributed by atoms with Crippen LogP contribution in [0.4, 0.5) is 5.69 Å². The van der Waals surface area contributed by atoms with Gasteiger partial charge in [0.15, 0.2) is 5.69 Å². The molecule has 2 aromatic rings. The van der Waals surface area contributed by atoms with E-state index in [1.165, 1.54) is 4.90 Å². The van der Waals surface area contributed by atoms with Gasteiger partial charge in [0, 0.05) is 18.4 Å². The van der Waals surface area contributed by atoms with Crippen LogP contribution in [0, 0.1) is 0 Å². The molecule has 21 heavy (non-hydrogen) atoms. The monoisotopic (exact) mass is 287 g/mol. The number of amides is 2. The summed E-state index contributed by atoms with van der Waals surface area (Å²) in [4.78, 5) is 24.5. The van der Waals surface area contributed by atoms with Crippen molar-refractivity contribution >= 4 is 17.5 Å². The molecule has 7 heteroatoms. The fourth-order valence-electron chi connectivity index (χ4n) is 1.89. The van der Waals surface area contributed by atoms with E-state index in [1.807, 2.05) is 0 Å². The SMILES string of the molecule is CCN(CC(N)=O)C(=O)c1ccn(-c2ccc(N)cc2)n1. The van der Waals surface area contributed by atoms with Crippen LogP contribution in [0.3, 0.4) is 0 Å². The number of hydrogen-bond donors (Lipinski definition) is 2. The van der Waals surface area contributed by atoms with Crippen molar-refractivity contribution in [3.8, 4) is 5.69 Å². The Hall–Kier alpha value is -2.83. The molecule has 0 aliphatic carbocycles. The standard InChI is InChI=1S/C14H17N5O2/c1-2-18(9-13(16)20)14(21)12-7-8-19(17-12)11-5-3-10(15)4-6-11/h3-8H,2,9,15H2,1H3,(H2,16,20). The van der Waals surface area contributed by atoms with Crippen molar-refractivity contribution in [2.24, 2.45) is 5.73 Å². The van der Waals surface area contributed by atoms with Gasteiger partial charge in [-0.2, -0.15) is 5.10 Å². The number of carbonyl (C=O) groups excluding carboxylic acids is 2. The van der Waals surface area contributed by atoms with E-state index < -0.39 is 5.91 Å². The summed E-state index contributed by atoms with van der Waals surface area (Å²) in [6, 6.07) is 8.71. The van der Waals surface area contributed by atoms with Gasteiger partial charge in [0.05, 0.1) is 12.2 Å². The first-order chi connectivity index (χ1) is 10.0. The highest BCUT2D eigenvalue weighted by Gasteiger charge is 2.18. The van der Waals surface area contributed by atoms with Crippen LogP contribution >= 0.6 is 0 Å². The van der Waals surface area contributed by atoms with Crippen molar-refractivity contribution < 1.29 is 9.59 Å². The Morgan fingerprint density at radius 3 is 2.48 bits per heavy atom. The zero-order valence-electron chi connectivity index (χ0n) is 11.7. The van der Waals surface area contributed by atoms with Gasteiger partial charge in [-0.15, -0.1) is 0 Å². The van der Waals surface area contributed by atoms with Gasteiger partial charge in [0.2, 0.25) is 5.91 Å². The van der Waals surface area contributed by atoms with Crippen LogP contribution in [0.25, 0.3) is 5.69 Å². The maximum absolute atomic E-state index is 12.2. The molecule has 2 rings (SSSR count). The van der Waals surface area contributed by atoms with Crippen molar-refractivity contribution in [1.29, 1.82) is 0 Å². The molecule has 4 N–H and O–H groups in total. The predicted molar refractivity (Wildman–Crippen MR) is 78.7 cm³/mol. The maximum atomic E-state index is 12.2. The first-order valence-electron chi connectivity index (χ1n) is 6.50. The summed E-state index contributed by atoms with van der Waals surface area (Å²) in [5, 5.41) is 4.22. The van der Waals surface area contributed by atoms with E-state index in [1.54, 1.807) is 48.1 Å². The van der Waals surface area contributed by atoms with Crippen LogP contribution in [0.1, 0.15) is 17.4 Å². The lowest BCUT2D eigenvalue weighted by molar-refractivity contribution is -0.118. The van der Waals surface area contributed by atoms with E-state index in [4.69, 9.17) is 11.5 Å². The molecule has 0 radical (unpaired) electrons. The van der Waals surface area contributed by atoms with Crippen molar-refractivity contribution in [3.63, 3.8) is 0 Å². The Morgan fingerprint density at radius 1 is 1.24 bits per heavy atom. The molecule has 0 unspecified atom stereocenters. The fourth-order valence-corrected chi connectivity index (χ4v) is 1.89. The summed E-state index contributed by atoms with van der Waals surface area (Å²) in [6.07, 6.45) is 1.68. The second-order valence-corrected chi connectivity index (χ2v) is 4.52. The zero-order chi connectivity index (χ0) is 15.4. The fraction of sp³-hybridized carbons (Fsp3) is 0.214. The number of aromatic nitrogens is 2. The van der Waals surface area contributed by atoms with Gasteiger partial charge in [-0.3, -0.25) is 9.59 Å². The third-order valence-electron chi connectivity index (χ3n) is 2.98. The van der Waals surface area contributed by atoms with Gasteiger partial charge in [0.1, 0.15) is 0 Å². The number of rotatable bonds is 5. The molecular formula is C14H17N5O2. The third-order valence-corrected chi connectivity index (χ3v) is 2.98. The van der Waals surface area contributed by atoms with Gasteiger partial charge in [0.25, 0.3) is 5.91 Å². The molecule has 0 aliphatic heterocycles. The lowest BCUT2D eigenvalue weighted by atomic mass is 10.3. The van der Waals surface area contributed by atoms with Gasteiger partial charge in [-0.1, -0.05) is 0 Å². The second-order valence-electron chi connectivity index (χ2n) is 4.52. The minimum atomic E-state index is -0.553. The predicted octanol–water partition coefficient (Wildman–Crippen LogP) is 0.402. The minimum absolute atomic E-state index is 0.121. The molecule has 110 valence electrons. The summed E-state index contributed by atoms with van der Waals surface area (Å²) in [5.74, 6) is -0.881. The number of nitrogens with zero attached hydrogens (tertiary/aromatic N) is 3. The number of likely N-dealkylation sites (N-methyl/N-ethyl adjacent to an activating group) is 1. The molecule has 1 aromatic heterocycles. The quantitative estimate of drug-likeness (QED) is 0.776. The summed E-state index contributed by atoms with van der Waals surface area (Å²) < 4.78 is 1.57. The van der Waals surface area contributed by atoms with Crippen LogP contribution in [0.15, 0.2) is 36.5 Å². The summed E-state index contributed by atoms with van der Waals surface area (Å²) in [7, 11) is 0. The van der Waals surface area contributed by atoms with E-state index in [0.29, 0.717) is 12.2 Å². The molecule has 1 aromatic carbocycles. The Bertz CT molecular complexity index is 648. The lowest BCUT2D eigenvalue weighted by Gasteiger charge is -2.17. The van der Waals surface area contributed by atoms with E-state index in [9.17, 15) is 9.59 Å². The first kappa shape index (κ1) is 14.6. The topological polar surface area (TPSA) is 107 Å². The van der Waals surface area contributed by atoms with E-state index in [-0.39, 0.29) is 18.1 Å². The van der Waals surface area contributed by atoms with Crippen molar-refractivity contribution in [2.75, 3.05) is 18.8 Å². The highest BCUT2D eigenvalue weighted by atomic mass is 16.2. The summed E-state index contributed by atoms with van der Waals surface area (Å²) in [5.41, 5.74) is 12.5. The normalized spacial score (nSPS) is 10.3. The smallest absolute Gasteiger partial charge is 0.274 e. The first-order valence-corrected chi connectivity index (χ1v) is 6.50. The Labute approximate surface area is 122 Å². The molecular weight excluding hydrogens is 270 g/mol. The number of nitrogens with two attached hydrogens (primary N) is 2. The molecule has 0 bridgehead atoms. The maximum Gasteiger partial charge on any atom is 0.274 e. The number of anilines is 1. The Kier molecular flexibility index (Phi) is 4.22. The van der Waals surface area contributed by atoms with Crippen molar-refractivity contribution in [3.05, 3.63) is 42.2 Å². The molecule has 7 nitrogen and oxygen atoms in total. The Morgan fingerprint density at radius 2 is 1.90 bits per heavy atom. The summed E-state index contributed by atoms with van der Waals surface area (Å²) >= 11 is 0. The average molecular weight is 287 g/mol. The van der Waals surface area contributed by atoms with Gasteiger partial charge in [-0.25, -0.2) is 4.68 Å². The molecule has 0 saturated heterocycles. The molecule has 1 heterocycles. The lowest BCUT2D eigenvalue weighted by Crippen LogP contribution is -2.38. The molecule has 0 saturated carbocycles. The van der Waals surface area contributed by atoms with Gasteiger partial charge >= 0.3 is 0 Å². The van der Waals surface area contributed by atoms with Gasteiger partial charge < -0.3 is 16.4 Å². The van der Waals surface area contributed by atoms with Gasteiger partial charge in [-0.05, 0) is 37.3 Å².